The molecule has 5 N–H and O–H groups in total. The fourth-order valence-electron chi connectivity index (χ4n) is 8.33. The van der Waals surface area contributed by atoms with Gasteiger partial charge in [0.1, 0.15) is 31.5 Å². The average Bonchev–Trinajstić information content (AvgIpc) is 3.81. The number of aliphatic hydroxyl groups is 1. The molecule has 4 atom stereocenters. The molecule has 0 spiro atoms. The molecule has 2 aromatic heterocycles. The third kappa shape index (κ3) is 10.9. The van der Waals surface area contributed by atoms with E-state index < -0.39 is 64.7 Å². The second-order valence-electron chi connectivity index (χ2n) is 17.0. The number of hydrogen-bond acceptors (Lipinski definition) is 12. The summed E-state index contributed by atoms with van der Waals surface area (Å²) in [4.78, 5) is 106. The van der Waals surface area contributed by atoms with Crippen molar-refractivity contribution in [3.05, 3.63) is 74.1 Å². The number of amides is 6. The van der Waals surface area contributed by atoms with Gasteiger partial charge in [-0.15, -0.1) is 0 Å². The van der Waals surface area contributed by atoms with Gasteiger partial charge in [-0.25, -0.2) is 9.78 Å². The van der Waals surface area contributed by atoms with E-state index in [9.17, 15) is 56.6 Å². The number of unbranched alkanes of at least 4 members (excludes halogenated alkanes) is 3. The molecule has 3 aliphatic rings. The van der Waals surface area contributed by atoms with E-state index in [2.05, 4.69) is 26.3 Å². The van der Waals surface area contributed by atoms with Crippen LogP contribution in [0.1, 0.15) is 106 Å². The highest BCUT2D eigenvalue weighted by molar-refractivity contribution is 6.12. The Morgan fingerprint density at radius 3 is 2.19 bits per heavy atom. The van der Waals surface area contributed by atoms with Gasteiger partial charge in [0, 0.05) is 48.2 Å². The number of alkyl halides is 3. The average molecular weight is 938 g/mol. The monoisotopic (exact) mass is 937 g/mol. The number of carbonyl (C=O) groups excluding carboxylic acids is 7. The molecule has 0 fully saturated rings. The van der Waals surface area contributed by atoms with Gasteiger partial charge in [0.2, 0.25) is 23.6 Å². The summed E-state index contributed by atoms with van der Waals surface area (Å²) in [6.45, 7) is 7.21. The molecule has 5 heterocycles. The summed E-state index contributed by atoms with van der Waals surface area (Å²) in [6, 6.07) is 0.904. The molecule has 6 rings (SSSR count). The first-order valence-corrected chi connectivity index (χ1v) is 22.2. The van der Waals surface area contributed by atoms with E-state index >= 15 is 0 Å². The number of aromatic nitrogens is 2. The van der Waals surface area contributed by atoms with Crippen molar-refractivity contribution in [2.75, 3.05) is 19.9 Å². The van der Waals surface area contributed by atoms with Crippen LogP contribution in [0, 0.1) is 6.92 Å². The van der Waals surface area contributed by atoms with Gasteiger partial charge in [0.05, 0.1) is 34.6 Å². The molecule has 0 bridgehead atoms. The van der Waals surface area contributed by atoms with Crippen molar-refractivity contribution in [2.24, 2.45) is 0 Å². The summed E-state index contributed by atoms with van der Waals surface area (Å²) >= 11 is 0. The van der Waals surface area contributed by atoms with Crippen molar-refractivity contribution < 1.29 is 61.3 Å². The smallest absolute Gasteiger partial charge is 0.416 e. The number of carbonyl (C=O) groups is 7. The van der Waals surface area contributed by atoms with E-state index in [-0.39, 0.29) is 97.2 Å². The Hall–Kier alpha value is -6.48. The van der Waals surface area contributed by atoms with Crippen molar-refractivity contribution in [1.82, 2.24) is 35.7 Å². The quantitative estimate of drug-likeness (QED) is 0.0372. The van der Waals surface area contributed by atoms with Gasteiger partial charge >= 0.3 is 12.1 Å². The predicted octanol–water partition coefficient (Wildman–Crippen LogP) is 2.82. The number of halogens is 3. The van der Waals surface area contributed by atoms with Gasteiger partial charge < -0.3 is 40.4 Å². The maximum atomic E-state index is 14.1. The molecular formula is C46H54F3N7O11. The first kappa shape index (κ1) is 49.9. The lowest BCUT2D eigenvalue weighted by molar-refractivity contribution is -0.172. The number of benzene rings is 1. The molecule has 360 valence electrons. The minimum absolute atomic E-state index is 0.00218. The number of hydrogen-bond donors (Lipinski definition) is 5. The fourth-order valence-corrected chi connectivity index (χ4v) is 8.33. The van der Waals surface area contributed by atoms with Gasteiger partial charge in [-0.3, -0.25) is 38.5 Å². The molecule has 18 nitrogen and oxygen atoms in total. The van der Waals surface area contributed by atoms with Crippen LogP contribution in [-0.2, 0) is 74.4 Å². The summed E-state index contributed by atoms with van der Waals surface area (Å²) in [5, 5.41) is 21.9. The molecule has 67 heavy (non-hydrogen) atoms. The van der Waals surface area contributed by atoms with Crippen molar-refractivity contribution in [3.63, 3.8) is 0 Å². The molecule has 0 unspecified atom stereocenters. The highest BCUT2D eigenvalue weighted by Crippen LogP contribution is 2.42. The van der Waals surface area contributed by atoms with E-state index in [0.29, 0.717) is 55.0 Å². The zero-order valence-corrected chi connectivity index (χ0v) is 37.8. The second kappa shape index (κ2) is 20.6. The topological polar surface area (TPSA) is 244 Å². The minimum Gasteiger partial charge on any atom is -0.458 e. The zero-order chi connectivity index (χ0) is 49.0. The molecule has 6 amide bonds. The zero-order valence-electron chi connectivity index (χ0n) is 37.8. The summed E-state index contributed by atoms with van der Waals surface area (Å²) in [6.07, 6.45) is 0.692. The van der Waals surface area contributed by atoms with Crippen LogP contribution in [0.4, 0.5) is 13.2 Å². The molecule has 21 heteroatoms. The van der Waals surface area contributed by atoms with Crippen molar-refractivity contribution in [3.8, 4) is 11.4 Å². The Balaban J connectivity index is 0.967. The Morgan fingerprint density at radius 2 is 1.54 bits per heavy atom. The molecule has 0 aliphatic carbocycles. The molecule has 1 aromatic carbocycles. The van der Waals surface area contributed by atoms with Gasteiger partial charge in [0.25, 0.3) is 17.4 Å². The summed E-state index contributed by atoms with van der Waals surface area (Å²) in [7, 11) is 0. The standard InChI is InChI=1S/C46H54F3N7O11/c1-6-45(65)33-20-35-39-30(21-56(35)43(63)31(33)22-67-44(45)64)28(29-18-24(2)32(46(47,48)49)19-34(29)54-39)12-9-11-17-66-23-50-40(60)25(3)52-42(62)27(5)53-41(61)26(4)51-36(57)13-8-7-10-16-55-37(58)14-15-38(55)59/h14-15,18-20,25-27,65H,6-13,16-17,21-23H2,1-5H3,(H,50,60)(H,51,57)(H,52,62)(H,53,61)/t25-,26-,27-,45-/m0/s1. The molecular weight excluding hydrogens is 884 g/mol. The van der Waals surface area contributed by atoms with E-state index in [1.165, 1.54) is 56.5 Å². The second-order valence-corrected chi connectivity index (χ2v) is 17.0. The van der Waals surface area contributed by atoms with Crippen LogP contribution >= 0.6 is 0 Å². The molecule has 0 saturated carbocycles. The summed E-state index contributed by atoms with van der Waals surface area (Å²) in [5.41, 5.74) is -1.30. The molecule has 3 aliphatic heterocycles. The number of ether oxygens (including phenoxy) is 2. The van der Waals surface area contributed by atoms with Crippen molar-refractivity contribution in [1.29, 1.82) is 0 Å². The van der Waals surface area contributed by atoms with Crippen molar-refractivity contribution in [2.45, 2.75) is 129 Å². The first-order valence-electron chi connectivity index (χ1n) is 22.2. The Labute approximate surface area is 383 Å². The SMILES string of the molecule is CC[C@@]1(O)C(=O)OCc2c1cc1n(c2=O)Cc2c-1nc1cc(C(F)(F)F)c(C)cc1c2CCCCOCNC(=O)[C@H](C)NC(=O)[C@H](C)NC(=O)[C@H](C)NC(=O)CCCCCN1C(=O)C=CC1=O. The van der Waals surface area contributed by atoms with Crippen LogP contribution in [0.15, 0.2) is 35.1 Å². The van der Waals surface area contributed by atoms with Crippen molar-refractivity contribution >= 4 is 52.3 Å². The third-order valence-corrected chi connectivity index (χ3v) is 12.2. The molecule has 3 aromatic rings. The van der Waals surface area contributed by atoms with Crippen LogP contribution in [0.25, 0.3) is 22.3 Å². The van der Waals surface area contributed by atoms with Gasteiger partial charge in [-0.05, 0) is 95.5 Å². The maximum absolute atomic E-state index is 14.1. The van der Waals surface area contributed by atoms with E-state index in [1.54, 1.807) is 6.92 Å². The van der Waals surface area contributed by atoms with Crippen LogP contribution < -0.4 is 26.8 Å². The normalized spacial score (nSPS) is 17.6. The Morgan fingerprint density at radius 1 is 0.881 bits per heavy atom. The highest BCUT2D eigenvalue weighted by Gasteiger charge is 2.45. The lowest BCUT2D eigenvalue weighted by Crippen LogP contribution is -2.54. The number of imide groups is 1. The first-order chi connectivity index (χ1) is 31.7. The summed E-state index contributed by atoms with van der Waals surface area (Å²) in [5.74, 6) is -3.86. The number of fused-ring (bicyclic) bond motifs is 5. The lowest BCUT2D eigenvalue weighted by Gasteiger charge is -2.31. The van der Waals surface area contributed by atoms with E-state index in [1.807, 2.05) is 0 Å². The highest BCUT2D eigenvalue weighted by atomic mass is 19.4. The van der Waals surface area contributed by atoms with E-state index in [0.717, 1.165) is 11.0 Å². The third-order valence-electron chi connectivity index (χ3n) is 12.2. The Kier molecular flexibility index (Phi) is 15.3. The number of esters is 1. The Bertz CT molecular complexity index is 2580. The van der Waals surface area contributed by atoms with Gasteiger partial charge in [0.15, 0.2) is 5.60 Å². The fraction of sp³-hybridized carbons (Fsp3) is 0.500. The van der Waals surface area contributed by atoms with Crippen LogP contribution in [-0.4, -0.2) is 99.0 Å². The number of cyclic esters (lactones) is 1. The number of pyridine rings is 2. The summed E-state index contributed by atoms with van der Waals surface area (Å²) < 4.78 is 54.4. The largest absolute Gasteiger partial charge is 0.458 e. The molecule has 0 radical (unpaired) electrons. The number of nitrogens with one attached hydrogen (secondary N) is 4. The number of aryl methyl sites for hydroxylation is 2. The van der Waals surface area contributed by atoms with E-state index in [4.69, 9.17) is 9.47 Å². The van der Waals surface area contributed by atoms with Gasteiger partial charge in [-0.2, -0.15) is 13.2 Å². The van der Waals surface area contributed by atoms with Gasteiger partial charge in [-0.1, -0.05) is 13.3 Å². The predicted molar refractivity (Wildman–Crippen MR) is 233 cm³/mol. The minimum atomic E-state index is -4.65. The lowest BCUT2D eigenvalue weighted by atomic mass is 9.86. The van der Waals surface area contributed by atoms with Crippen LogP contribution in [0.2, 0.25) is 0 Å². The maximum Gasteiger partial charge on any atom is 0.416 e. The van der Waals surface area contributed by atoms with Crippen LogP contribution in [0.3, 0.4) is 0 Å². The van der Waals surface area contributed by atoms with Crippen LogP contribution in [0.5, 0.6) is 0 Å². The molecule has 0 saturated heterocycles. The number of nitrogens with zero attached hydrogens (tertiary/aromatic N) is 3. The number of rotatable bonds is 20.